The number of nitriles is 1. The third-order valence-electron chi connectivity index (χ3n) is 4.67. The summed E-state index contributed by atoms with van der Waals surface area (Å²) < 4.78 is 0. The summed E-state index contributed by atoms with van der Waals surface area (Å²) in [5.74, 6) is 1.20. The largest absolute Gasteiger partial charge is 0.510 e. The number of rotatable bonds is 5. The highest BCUT2D eigenvalue weighted by Crippen LogP contribution is 2.40. The number of hydrogen-bond acceptors (Lipinski definition) is 8. The first-order valence-electron chi connectivity index (χ1n) is 9.34. The van der Waals surface area contributed by atoms with Crippen LogP contribution in [0, 0.1) is 18.3 Å². The number of hydrogen-bond donors (Lipinski definition) is 2. The first kappa shape index (κ1) is 19.8. The van der Waals surface area contributed by atoms with Gasteiger partial charge in [-0.3, -0.25) is 0 Å². The van der Waals surface area contributed by atoms with Crippen LogP contribution in [-0.2, 0) is 0 Å². The molecule has 152 valence electrons. The molecule has 0 saturated carbocycles. The van der Waals surface area contributed by atoms with Crippen LogP contribution < -0.4 is 0 Å². The quantitative estimate of drug-likeness (QED) is 0.140. The van der Waals surface area contributed by atoms with Gasteiger partial charge in [0.1, 0.15) is 33.1 Å². The minimum atomic E-state index is -0.0381. The fourth-order valence-corrected chi connectivity index (χ4v) is 6.10. The van der Waals surface area contributed by atoms with Gasteiger partial charge in [0.2, 0.25) is 0 Å². The second-order valence-corrected chi connectivity index (χ2v) is 9.48. The molecular weight excluding hydrogens is 446 g/mol. The summed E-state index contributed by atoms with van der Waals surface area (Å²) in [7, 11) is 0. The first-order chi connectivity index (χ1) is 15.1. The van der Waals surface area contributed by atoms with Crippen LogP contribution in [0.2, 0.25) is 0 Å². The Hall–Kier alpha value is -3.19. The fraction of sp³-hybridized carbons (Fsp3) is 0.0909. The molecule has 5 rings (SSSR count). The normalized spacial score (nSPS) is 12.3. The van der Waals surface area contributed by atoms with Gasteiger partial charge in [-0.2, -0.15) is 5.26 Å². The summed E-state index contributed by atoms with van der Waals surface area (Å²) in [6.45, 7) is 1.86. The number of thioether (sulfide) groups is 1. The van der Waals surface area contributed by atoms with E-state index in [0.717, 1.165) is 36.7 Å². The van der Waals surface area contributed by atoms with Crippen molar-refractivity contribution >= 4 is 61.3 Å². The Labute approximate surface area is 190 Å². The lowest BCUT2D eigenvalue weighted by Crippen LogP contribution is -1.97. The van der Waals surface area contributed by atoms with Crippen molar-refractivity contribution in [1.29, 1.82) is 5.26 Å². The Balaban J connectivity index is 1.51. The SMILES string of the molecule is Cc1nc(SC/C(O)=C(/C#N)c2nc3ccccc3[nH]2)c2c(-c3cccs3)csc2n1. The number of nitrogens with zero attached hydrogens (tertiary/aromatic N) is 4. The molecule has 0 spiro atoms. The molecule has 0 radical (unpaired) electrons. The topological polar surface area (TPSA) is 98.5 Å². The highest BCUT2D eigenvalue weighted by Gasteiger charge is 2.18. The predicted octanol–water partition coefficient (Wildman–Crippen LogP) is 6.19. The molecule has 0 amide bonds. The number of aromatic amines is 1. The van der Waals surface area contributed by atoms with Crippen molar-refractivity contribution in [1.82, 2.24) is 19.9 Å². The molecule has 9 heteroatoms. The Morgan fingerprint density at radius 3 is 2.81 bits per heavy atom. The lowest BCUT2D eigenvalue weighted by molar-refractivity contribution is 0.420. The van der Waals surface area contributed by atoms with Gasteiger partial charge < -0.3 is 10.1 Å². The maximum absolute atomic E-state index is 10.7. The summed E-state index contributed by atoms with van der Waals surface area (Å²) in [6.07, 6.45) is 0. The molecule has 0 saturated heterocycles. The van der Waals surface area contributed by atoms with Crippen molar-refractivity contribution in [3.8, 4) is 16.5 Å². The number of thiophene rings is 2. The molecule has 0 aliphatic carbocycles. The van der Waals surface area contributed by atoms with Crippen LogP contribution in [0.4, 0.5) is 0 Å². The van der Waals surface area contributed by atoms with Gasteiger partial charge in [-0.1, -0.05) is 30.0 Å². The smallest absolute Gasteiger partial charge is 0.152 e. The number of fused-ring (bicyclic) bond motifs is 2. The third-order valence-corrected chi connectivity index (χ3v) is 7.43. The lowest BCUT2D eigenvalue weighted by atomic mass is 10.2. The molecule has 0 unspecified atom stereocenters. The molecule has 1 aromatic carbocycles. The summed E-state index contributed by atoms with van der Waals surface area (Å²) in [6, 6.07) is 13.7. The number of nitrogens with one attached hydrogen (secondary N) is 1. The van der Waals surface area contributed by atoms with Crippen molar-refractivity contribution in [2.24, 2.45) is 0 Å². The van der Waals surface area contributed by atoms with Gasteiger partial charge in [0, 0.05) is 15.8 Å². The van der Waals surface area contributed by atoms with E-state index in [4.69, 9.17) is 0 Å². The van der Waals surface area contributed by atoms with Crippen LogP contribution in [0.25, 0.3) is 37.3 Å². The average Bonchev–Trinajstić information content (AvgIpc) is 3.51. The molecule has 0 fully saturated rings. The maximum atomic E-state index is 10.7. The minimum Gasteiger partial charge on any atom is -0.510 e. The van der Waals surface area contributed by atoms with Crippen LogP contribution in [0.15, 0.2) is 57.9 Å². The zero-order valence-corrected chi connectivity index (χ0v) is 18.7. The standard InChI is InChI=1S/C22H15N5OS3/c1-12-24-21-19(14(10-30-21)18-7-4-8-29-18)22(25-12)31-11-17(28)13(9-23)20-26-15-5-2-3-6-16(15)27-20/h2-8,10,28H,11H2,1H3,(H,26,27)/b17-13+. The van der Waals surface area contributed by atoms with Gasteiger partial charge in [-0.25, -0.2) is 15.0 Å². The average molecular weight is 462 g/mol. The van der Waals surface area contributed by atoms with Gasteiger partial charge in [0.05, 0.1) is 22.2 Å². The van der Waals surface area contributed by atoms with Crippen LogP contribution >= 0.6 is 34.4 Å². The molecule has 0 aliphatic heterocycles. The van der Waals surface area contributed by atoms with Crippen LogP contribution in [-0.4, -0.2) is 30.8 Å². The number of aromatic nitrogens is 4. The van der Waals surface area contributed by atoms with E-state index in [1.807, 2.05) is 42.6 Å². The van der Waals surface area contributed by atoms with E-state index in [-0.39, 0.29) is 17.1 Å². The molecule has 31 heavy (non-hydrogen) atoms. The highest BCUT2D eigenvalue weighted by molar-refractivity contribution is 7.99. The van der Waals surface area contributed by atoms with Crippen molar-refractivity contribution in [2.75, 3.05) is 5.75 Å². The Morgan fingerprint density at radius 2 is 2.03 bits per heavy atom. The van der Waals surface area contributed by atoms with E-state index in [1.54, 1.807) is 22.7 Å². The zero-order chi connectivity index (χ0) is 21.4. The second kappa shape index (κ2) is 8.15. The molecule has 6 nitrogen and oxygen atoms in total. The number of imidazole rings is 1. The summed E-state index contributed by atoms with van der Waals surface area (Å²) in [4.78, 5) is 18.8. The fourth-order valence-electron chi connectivity index (χ4n) is 3.26. The van der Waals surface area contributed by atoms with Crippen LogP contribution in [0.3, 0.4) is 0 Å². The summed E-state index contributed by atoms with van der Waals surface area (Å²) in [5, 5.41) is 26.3. The van der Waals surface area contributed by atoms with Crippen LogP contribution in [0.5, 0.6) is 0 Å². The lowest BCUT2D eigenvalue weighted by Gasteiger charge is -2.06. The van der Waals surface area contributed by atoms with E-state index in [0.29, 0.717) is 11.6 Å². The van der Waals surface area contributed by atoms with Crippen molar-refractivity contribution in [2.45, 2.75) is 11.9 Å². The predicted molar refractivity (Wildman–Crippen MR) is 127 cm³/mol. The molecule has 2 N–H and O–H groups in total. The van der Waals surface area contributed by atoms with Crippen LogP contribution in [0.1, 0.15) is 11.6 Å². The third kappa shape index (κ3) is 3.70. The number of aliphatic hydroxyl groups excluding tert-OH is 1. The van der Waals surface area contributed by atoms with E-state index in [1.165, 1.54) is 11.8 Å². The number of aryl methyl sites for hydroxylation is 1. The summed E-state index contributed by atoms with van der Waals surface area (Å²) >= 11 is 4.65. The molecule has 0 atom stereocenters. The maximum Gasteiger partial charge on any atom is 0.152 e. The van der Waals surface area contributed by atoms with Crippen molar-refractivity contribution in [3.63, 3.8) is 0 Å². The molecule has 5 aromatic rings. The molecule has 4 heterocycles. The zero-order valence-electron chi connectivity index (χ0n) is 16.3. The number of para-hydroxylation sites is 2. The molecular formula is C22H15N5OS3. The van der Waals surface area contributed by atoms with E-state index in [9.17, 15) is 10.4 Å². The Kier molecular flexibility index (Phi) is 5.19. The Morgan fingerprint density at radius 1 is 1.16 bits per heavy atom. The molecule has 0 bridgehead atoms. The minimum absolute atomic E-state index is 0.0381. The van der Waals surface area contributed by atoms with Crippen molar-refractivity contribution in [3.05, 3.63) is 64.6 Å². The van der Waals surface area contributed by atoms with Gasteiger partial charge in [-0.05, 0) is 30.5 Å². The first-order valence-corrected chi connectivity index (χ1v) is 12.1. The van der Waals surface area contributed by atoms with Gasteiger partial charge in [0.25, 0.3) is 0 Å². The second-order valence-electron chi connectivity index (χ2n) is 6.71. The van der Waals surface area contributed by atoms with E-state index >= 15 is 0 Å². The van der Waals surface area contributed by atoms with Gasteiger partial charge in [0.15, 0.2) is 5.82 Å². The number of benzene rings is 1. The number of H-pyrrole nitrogens is 1. The highest BCUT2D eigenvalue weighted by atomic mass is 32.2. The van der Waals surface area contributed by atoms with Crippen molar-refractivity contribution < 1.29 is 5.11 Å². The van der Waals surface area contributed by atoms with Gasteiger partial charge in [-0.15, -0.1) is 22.7 Å². The Bertz CT molecular complexity index is 1440. The van der Waals surface area contributed by atoms with E-state index < -0.39 is 0 Å². The monoisotopic (exact) mass is 461 g/mol. The van der Waals surface area contributed by atoms with Gasteiger partial charge >= 0.3 is 0 Å². The van der Waals surface area contributed by atoms with E-state index in [2.05, 4.69) is 37.5 Å². The number of aliphatic hydroxyl groups is 1. The summed E-state index contributed by atoms with van der Waals surface area (Å²) in [5.41, 5.74) is 2.80. The number of allylic oxidation sites excluding steroid dienone is 1. The molecule has 0 aliphatic rings. The molecule has 4 aromatic heterocycles.